The van der Waals surface area contributed by atoms with Gasteiger partial charge in [-0.15, -0.1) is 0 Å². The van der Waals surface area contributed by atoms with Crippen molar-refractivity contribution in [1.29, 1.82) is 0 Å². The molecule has 0 saturated heterocycles. The molecule has 2 rings (SSSR count). The third-order valence-corrected chi connectivity index (χ3v) is 5.56. The zero-order chi connectivity index (χ0) is 20.0. The lowest BCUT2D eigenvalue weighted by Crippen LogP contribution is -2.36. The average Bonchev–Trinajstić information content (AvgIpc) is 2.63. The van der Waals surface area contributed by atoms with Gasteiger partial charge in [0.15, 0.2) is 6.10 Å². The van der Waals surface area contributed by atoms with Crippen LogP contribution >= 0.6 is 11.6 Å². The Morgan fingerprint density at radius 2 is 1.78 bits per heavy atom. The summed E-state index contributed by atoms with van der Waals surface area (Å²) in [6.07, 6.45) is -0.704. The molecule has 0 radical (unpaired) electrons. The third-order valence-electron chi connectivity index (χ3n) is 3.92. The minimum Gasteiger partial charge on any atom is -0.479 e. The summed E-state index contributed by atoms with van der Waals surface area (Å²) in [6.45, 7) is 3.88. The van der Waals surface area contributed by atoms with Gasteiger partial charge in [-0.05, 0) is 49.7 Å². The van der Waals surface area contributed by atoms with Crippen LogP contribution in [0.3, 0.4) is 0 Å². The van der Waals surface area contributed by atoms with Crippen LogP contribution in [0.25, 0.3) is 0 Å². The molecular formula is C19H23ClN2O4S. The van der Waals surface area contributed by atoms with Crippen molar-refractivity contribution in [3.63, 3.8) is 0 Å². The van der Waals surface area contributed by atoms with E-state index in [9.17, 15) is 13.2 Å². The lowest BCUT2D eigenvalue weighted by Gasteiger charge is -2.16. The van der Waals surface area contributed by atoms with Crippen molar-refractivity contribution in [3.05, 3.63) is 64.2 Å². The van der Waals surface area contributed by atoms with E-state index in [1.807, 2.05) is 13.0 Å². The Bertz CT molecular complexity index is 898. The first-order valence-electron chi connectivity index (χ1n) is 8.40. The van der Waals surface area contributed by atoms with Crippen molar-refractivity contribution in [1.82, 2.24) is 10.0 Å². The summed E-state index contributed by atoms with van der Waals surface area (Å²) >= 11 is 6.09. The highest BCUT2D eigenvalue weighted by Gasteiger charge is 2.16. The van der Waals surface area contributed by atoms with E-state index in [4.69, 9.17) is 16.3 Å². The molecule has 2 aromatic rings. The second kappa shape index (κ2) is 9.21. The molecule has 6 nitrogen and oxygen atoms in total. The Balaban J connectivity index is 1.90. The van der Waals surface area contributed by atoms with Crippen LogP contribution < -0.4 is 14.8 Å². The van der Waals surface area contributed by atoms with E-state index in [0.29, 0.717) is 22.9 Å². The topological polar surface area (TPSA) is 84.5 Å². The maximum Gasteiger partial charge on any atom is 0.261 e. The second-order valence-corrected chi connectivity index (χ2v) is 8.53. The Hall–Kier alpha value is -2.09. The van der Waals surface area contributed by atoms with Gasteiger partial charge >= 0.3 is 0 Å². The van der Waals surface area contributed by atoms with E-state index in [1.165, 1.54) is 7.05 Å². The van der Waals surface area contributed by atoms with Gasteiger partial charge in [-0.1, -0.05) is 41.9 Å². The maximum absolute atomic E-state index is 12.2. The van der Waals surface area contributed by atoms with E-state index in [0.717, 1.165) is 11.1 Å². The largest absolute Gasteiger partial charge is 0.479 e. The highest BCUT2D eigenvalue weighted by atomic mass is 35.5. The lowest BCUT2D eigenvalue weighted by molar-refractivity contribution is -0.127. The van der Waals surface area contributed by atoms with Crippen molar-refractivity contribution < 1.29 is 17.9 Å². The van der Waals surface area contributed by atoms with Crippen molar-refractivity contribution in [3.8, 4) is 5.75 Å². The molecule has 1 atom stereocenters. The Morgan fingerprint density at radius 3 is 2.41 bits per heavy atom. The van der Waals surface area contributed by atoms with Gasteiger partial charge in [-0.2, -0.15) is 0 Å². The van der Waals surface area contributed by atoms with Crippen LogP contribution in [-0.2, 0) is 27.1 Å². The van der Waals surface area contributed by atoms with Gasteiger partial charge in [0.2, 0.25) is 10.0 Å². The molecule has 0 bridgehead atoms. The van der Waals surface area contributed by atoms with Crippen LogP contribution in [0.2, 0.25) is 5.02 Å². The summed E-state index contributed by atoms with van der Waals surface area (Å²) in [5.74, 6) is 0.113. The number of aryl methyl sites for hydroxylation is 1. The number of benzene rings is 2. The zero-order valence-corrected chi connectivity index (χ0v) is 17.0. The molecular weight excluding hydrogens is 388 g/mol. The molecule has 146 valence electrons. The number of rotatable bonds is 8. The minimum absolute atomic E-state index is 0.0851. The van der Waals surface area contributed by atoms with Crippen molar-refractivity contribution in [2.45, 2.75) is 32.2 Å². The van der Waals surface area contributed by atoms with Gasteiger partial charge in [-0.3, -0.25) is 4.79 Å². The van der Waals surface area contributed by atoms with Crippen LogP contribution in [0.1, 0.15) is 23.6 Å². The molecule has 0 aromatic heterocycles. The van der Waals surface area contributed by atoms with Gasteiger partial charge in [0.25, 0.3) is 5.91 Å². The molecule has 0 saturated carbocycles. The quantitative estimate of drug-likeness (QED) is 0.700. The van der Waals surface area contributed by atoms with Gasteiger partial charge in [0, 0.05) is 6.54 Å². The number of sulfonamides is 1. The Labute approximate surface area is 164 Å². The zero-order valence-electron chi connectivity index (χ0n) is 15.5. The minimum atomic E-state index is -3.31. The molecule has 8 heteroatoms. The Kier molecular flexibility index (Phi) is 7.24. The molecule has 0 aliphatic carbocycles. The van der Waals surface area contributed by atoms with Gasteiger partial charge in [0.1, 0.15) is 5.75 Å². The second-order valence-electron chi connectivity index (χ2n) is 6.19. The predicted molar refractivity (Wildman–Crippen MR) is 106 cm³/mol. The number of hydrogen-bond acceptors (Lipinski definition) is 4. The van der Waals surface area contributed by atoms with E-state index in [2.05, 4.69) is 10.0 Å². The molecule has 0 heterocycles. The standard InChI is InChI=1S/C19H23ClN2O4S/c1-13-4-9-17(20)18(10-13)26-14(2)19(23)22-11-15-5-7-16(8-6-15)12-27(24,25)21-3/h4-10,14,21H,11-12H2,1-3H3,(H,22,23). The van der Waals surface area contributed by atoms with E-state index in [-0.39, 0.29) is 11.7 Å². The highest BCUT2D eigenvalue weighted by Crippen LogP contribution is 2.26. The van der Waals surface area contributed by atoms with Gasteiger partial charge < -0.3 is 10.1 Å². The molecule has 1 amide bonds. The molecule has 2 N–H and O–H groups in total. The summed E-state index contributed by atoms with van der Waals surface area (Å²) in [5.41, 5.74) is 2.52. The van der Waals surface area contributed by atoms with Gasteiger partial charge in [0.05, 0.1) is 10.8 Å². The van der Waals surface area contributed by atoms with Crippen molar-refractivity contribution in [2.75, 3.05) is 7.05 Å². The van der Waals surface area contributed by atoms with Crippen LogP contribution in [0.15, 0.2) is 42.5 Å². The van der Waals surface area contributed by atoms with E-state index >= 15 is 0 Å². The fraction of sp³-hybridized carbons (Fsp3) is 0.316. The average molecular weight is 411 g/mol. The first kappa shape index (κ1) is 21.2. The van der Waals surface area contributed by atoms with Crippen LogP contribution in [0.4, 0.5) is 0 Å². The molecule has 1 unspecified atom stereocenters. The number of nitrogens with one attached hydrogen (secondary N) is 2. The SMILES string of the molecule is CNS(=O)(=O)Cc1ccc(CNC(=O)C(C)Oc2cc(C)ccc2Cl)cc1. The molecule has 0 aliphatic heterocycles. The van der Waals surface area contributed by atoms with E-state index < -0.39 is 16.1 Å². The smallest absolute Gasteiger partial charge is 0.261 e. The summed E-state index contributed by atoms with van der Waals surface area (Å²) < 4.78 is 31.0. The third kappa shape index (κ3) is 6.53. The number of carbonyl (C=O) groups excluding carboxylic acids is 1. The first-order valence-corrected chi connectivity index (χ1v) is 10.4. The number of halogens is 1. The summed E-state index contributed by atoms with van der Waals surface area (Å²) in [5, 5.41) is 3.25. The highest BCUT2D eigenvalue weighted by molar-refractivity contribution is 7.88. The molecule has 2 aromatic carbocycles. The number of hydrogen-bond donors (Lipinski definition) is 2. The Morgan fingerprint density at radius 1 is 1.15 bits per heavy atom. The fourth-order valence-corrected chi connectivity index (χ4v) is 3.26. The maximum atomic E-state index is 12.2. The van der Waals surface area contributed by atoms with Crippen molar-refractivity contribution in [2.24, 2.45) is 0 Å². The van der Waals surface area contributed by atoms with E-state index in [1.54, 1.807) is 43.3 Å². The van der Waals surface area contributed by atoms with Crippen LogP contribution in [-0.4, -0.2) is 27.5 Å². The fourth-order valence-electron chi connectivity index (χ4n) is 2.32. The normalized spacial score (nSPS) is 12.4. The molecule has 0 spiro atoms. The molecule has 27 heavy (non-hydrogen) atoms. The van der Waals surface area contributed by atoms with Crippen molar-refractivity contribution >= 4 is 27.5 Å². The lowest BCUT2D eigenvalue weighted by atomic mass is 10.1. The molecule has 0 fully saturated rings. The van der Waals surface area contributed by atoms with Crippen LogP contribution in [0, 0.1) is 6.92 Å². The first-order chi connectivity index (χ1) is 12.7. The summed E-state index contributed by atoms with van der Waals surface area (Å²) in [4.78, 5) is 12.2. The number of ether oxygens (including phenoxy) is 1. The monoisotopic (exact) mass is 410 g/mol. The van der Waals surface area contributed by atoms with Gasteiger partial charge in [-0.25, -0.2) is 13.1 Å². The molecule has 0 aliphatic rings. The predicted octanol–water partition coefficient (Wildman–Crippen LogP) is 2.78. The number of amides is 1. The summed E-state index contributed by atoms with van der Waals surface area (Å²) in [7, 11) is -1.92. The van der Waals surface area contributed by atoms with Crippen LogP contribution in [0.5, 0.6) is 5.75 Å². The number of carbonyl (C=O) groups is 1. The summed E-state index contributed by atoms with van der Waals surface area (Å²) in [6, 6.07) is 12.4.